The van der Waals surface area contributed by atoms with Gasteiger partial charge < -0.3 is 9.73 Å². The molecule has 8 nitrogen and oxygen atoms in total. The second-order valence-corrected chi connectivity index (χ2v) is 7.90. The zero-order valence-electron chi connectivity index (χ0n) is 17.1. The summed E-state index contributed by atoms with van der Waals surface area (Å²) in [5, 5.41) is 7.44. The molecular weight excluding hydrogens is 384 g/mol. The van der Waals surface area contributed by atoms with Crippen LogP contribution in [0.5, 0.6) is 0 Å². The van der Waals surface area contributed by atoms with Gasteiger partial charge in [-0.3, -0.25) is 14.2 Å². The van der Waals surface area contributed by atoms with E-state index in [1.807, 2.05) is 13.0 Å². The predicted octanol–water partition coefficient (Wildman–Crippen LogP) is 2.02. The third-order valence-electron chi connectivity index (χ3n) is 5.51. The molecule has 2 heterocycles. The summed E-state index contributed by atoms with van der Waals surface area (Å²) in [6.07, 6.45) is 5.29. The van der Waals surface area contributed by atoms with Crippen LogP contribution < -0.4 is 16.6 Å². The maximum absolute atomic E-state index is 12.4. The quantitative estimate of drug-likeness (QED) is 0.627. The molecule has 1 amide bonds. The summed E-state index contributed by atoms with van der Waals surface area (Å²) in [6, 6.07) is 8.56. The van der Waals surface area contributed by atoms with Gasteiger partial charge in [0, 0.05) is 25.1 Å². The summed E-state index contributed by atoms with van der Waals surface area (Å²) >= 11 is 0. The summed E-state index contributed by atoms with van der Waals surface area (Å²) in [5.41, 5.74) is 3.10. The SMILES string of the molecule is C[C@H](Cn1nc2c(cc1=O)CCCCC2)NC(=O)CCn1c(=O)oc2ccccc21. The van der Waals surface area contributed by atoms with Gasteiger partial charge >= 0.3 is 5.76 Å². The van der Waals surface area contributed by atoms with Crippen LogP contribution in [0.15, 0.2) is 44.3 Å². The van der Waals surface area contributed by atoms with Crippen molar-refractivity contribution in [2.45, 2.75) is 64.6 Å². The number of rotatable bonds is 6. The largest absolute Gasteiger partial charge is 0.419 e. The molecule has 0 aliphatic heterocycles. The number of carbonyl (C=O) groups excluding carboxylic acids is 1. The first kappa shape index (κ1) is 20.1. The Hall–Kier alpha value is -3.16. The molecule has 0 radical (unpaired) electrons. The number of amides is 1. The van der Waals surface area contributed by atoms with E-state index in [1.165, 1.54) is 9.25 Å². The standard InChI is InChI=1S/C22H26N4O4/c1-15(14-26-21(28)13-16-7-3-2-4-8-17(16)24-26)23-20(27)11-12-25-18-9-5-6-10-19(18)30-22(25)29/h5-6,9-10,13,15H,2-4,7-8,11-12,14H2,1H3,(H,23,27)/t15-/m1/s1. The number of hydrogen-bond donors (Lipinski definition) is 1. The summed E-state index contributed by atoms with van der Waals surface area (Å²) < 4.78 is 8.09. The van der Waals surface area contributed by atoms with Crippen molar-refractivity contribution in [1.29, 1.82) is 0 Å². The predicted molar refractivity (Wildman–Crippen MR) is 112 cm³/mol. The van der Waals surface area contributed by atoms with Gasteiger partial charge in [-0.05, 0) is 50.3 Å². The van der Waals surface area contributed by atoms with E-state index in [4.69, 9.17) is 4.42 Å². The number of nitrogens with zero attached hydrogens (tertiary/aromatic N) is 3. The second-order valence-electron chi connectivity index (χ2n) is 7.90. The van der Waals surface area contributed by atoms with Crippen LogP contribution in [-0.4, -0.2) is 26.3 Å². The molecule has 0 fully saturated rings. The lowest BCUT2D eigenvalue weighted by Crippen LogP contribution is -2.39. The highest BCUT2D eigenvalue weighted by Crippen LogP contribution is 2.17. The van der Waals surface area contributed by atoms with E-state index in [1.54, 1.807) is 24.3 Å². The highest BCUT2D eigenvalue weighted by Gasteiger charge is 2.15. The van der Waals surface area contributed by atoms with Crippen molar-refractivity contribution in [3.05, 3.63) is 62.5 Å². The van der Waals surface area contributed by atoms with Crippen LogP contribution in [0, 0.1) is 0 Å². The average Bonchev–Trinajstić information content (AvgIpc) is 2.86. The van der Waals surface area contributed by atoms with Crippen molar-refractivity contribution in [2.24, 2.45) is 0 Å². The molecule has 1 aliphatic carbocycles. The Morgan fingerprint density at radius 3 is 2.87 bits per heavy atom. The van der Waals surface area contributed by atoms with Crippen LogP contribution in [0.3, 0.4) is 0 Å². The smallest absolute Gasteiger partial charge is 0.408 e. The van der Waals surface area contributed by atoms with Crippen molar-refractivity contribution in [1.82, 2.24) is 19.7 Å². The van der Waals surface area contributed by atoms with Crippen LogP contribution in [-0.2, 0) is 30.7 Å². The van der Waals surface area contributed by atoms with Gasteiger partial charge in [0.1, 0.15) is 0 Å². The molecule has 4 rings (SSSR count). The number of aromatic nitrogens is 3. The fourth-order valence-electron chi connectivity index (χ4n) is 4.00. The Morgan fingerprint density at radius 2 is 2.00 bits per heavy atom. The maximum Gasteiger partial charge on any atom is 0.419 e. The minimum Gasteiger partial charge on any atom is -0.408 e. The molecular formula is C22H26N4O4. The molecule has 0 unspecified atom stereocenters. The van der Waals surface area contributed by atoms with Crippen molar-refractivity contribution in [3.8, 4) is 0 Å². The number of oxazole rings is 1. The minimum absolute atomic E-state index is 0.131. The summed E-state index contributed by atoms with van der Waals surface area (Å²) in [7, 11) is 0. The number of hydrogen-bond acceptors (Lipinski definition) is 5. The Balaban J connectivity index is 1.37. The number of aryl methyl sites for hydroxylation is 3. The molecule has 158 valence electrons. The van der Waals surface area contributed by atoms with Gasteiger partial charge in [-0.15, -0.1) is 0 Å². The summed E-state index contributed by atoms with van der Waals surface area (Å²) in [6.45, 7) is 2.38. The minimum atomic E-state index is -0.474. The Labute approximate surface area is 173 Å². The molecule has 1 aromatic carbocycles. The number of fused-ring (bicyclic) bond motifs is 2. The van der Waals surface area contributed by atoms with E-state index in [-0.39, 0.29) is 30.5 Å². The van der Waals surface area contributed by atoms with Crippen molar-refractivity contribution >= 4 is 17.0 Å². The first-order valence-corrected chi connectivity index (χ1v) is 10.5. The van der Waals surface area contributed by atoms with E-state index in [2.05, 4.69) is 10.4 Å². The maximum atomic E-state index is 12.4. The molecule has 3 aromatic rings. The first-order valence-electron chi connectivity index (χ1n) is 10.5. The van der Waals surface area contributed by atoms with E-state index < -0.39 is 5.76 Å². The van der Waals surface area contributed by atoms with Gasteiger partial charge in [0.2, 0.25) is 5.91 Å². The van der Waals surface area contributed by atoms with Gasteiger partial charge in [0.15, 0.2) is 5.58 Å². The van der Waals surface area contributed by atoms with E-state index in [0.29, 0.717) is 17.6 Å². The lowest BCUT2D eigenvalue weighted by atomic mass is 10.1. The topological polar surface area (TPSA) is 99.1 Å². The summed E-state index contributed by atoms with van der Waals surface area (Å²) in [4.78, 5) is 36.8. The molecule has 0 saturated carbocycles. The van der Waals surface area contributed by atoms with E-state index in [9.17, 15) is 14.4 Å². The number of benzene rings is 1. The van der Waals surface area contributed by atoms with Crippen LogP contribution >= 0.6 is 0 Å². The molecule has 1 aliphatic rings. The Morgan fingerprint density at radius 1 is 1.20 bits per heavy atom. The van der Waals surface area contributed by atoms with E-state index in [0.717, 1.165) is 43.4 Å². The number of carbonyl (C=O) groups is 1. The van der Waals surface area contributed by atoms with Gasteiger partial charge in [-0.2, -0.15) is 5.10 Å². The fourth-order valence-corrected chi connectivity index (χ4v) is 4.00. The van der Waals surface area contributed by atoms with Gasteiger partial charge in [0.05, 0.1) is 17.8 Å². The lowest BCUT2D eigenvalue weighted by Gasteiger charge is -2.16. The molecule has 1 atom stereocenters. The number of nitrogens with one attached hydrogen (secondary N) is 1. The van der Waals surface area contributed by atoms with Crippen molar-refractivity contribution in [3.63, 3.8) is 0 Å². The highest BCUT2D eigenvalue weighted by molar-refractivity contribution is 5.77. The molecule has 0 bridgehead atoms. The average molecular weight is 410 g/mol. The third kappa shape index (κ3) is 4.37. The first-order chi connectivity index (χ1) is 14.5. The molecule has 30 heavy (non-hydrogen) atoms. The number of para-hydroxylation sites is 2. The zero-order valence-corrected chi connectivity index (χ0v) is 17.1. The van der Waals surface area contributed by atoms with Crippen molar-refractivity contribution < 1.29 is 9.21 Å². The van der Waals surface area contributed by atoms with Gasteiger partial charge in [-0.1, -0.05) is 18.6 Å². The fraction of sp³-hybridized carbons (Fsp3) is 0.455. The van der Waals surface area contributed by atoms with Gasteiger partial charge in [-0.25, -0.2) is 9.48 Å². The second kappa shape index (κ2) is 8.69. The van der Waals surface area contributed by atoms with Crippen LogP contribution in [0.4, 0.5) is 0 Å². The third-order valence-corrected chi connectivity index (χ3v) is 5.51. The highest BCUT2D eigenvalue weighted by atomic mass is 16.4. The van der Waals surface area contributed by atoms with Crippen LogP contribution in [0.1, 0.15) is 43.9 Å². The molecule has 0 spiro atoms. The Bertz CT molecular complexity index is 1170. The Kier molecular flexibility index (Phi) is 5.83. The lowest BCUT2D eigenvalue weighted by molar-refractivity contribution is -0.122. The molecule has 1 N–H and O–H groups in total. The molecule has 8 heteroatoms. The van der Waals surface area contributed by atoms with Crippen LogP contribution in [0.25, 0.3) is 11.1 Å². The zero-order chi connectivity index (χ0) is 21.1. The normalized spacial score (nSPS) is 14.8. The van der Waals surface area contributed by atoms with Crippen molar-refractivity contribution in [2.75, 3.05) is 0 Å². The monoisotopic (exact) mass is 410 g/mol. The molecule has 0 saturated heterocycles. The van der Waals surface area contributed by atoms with Gasteiger partial charge in [0.25, 0.3) is 5.56 Å². The van der Waals surface area contributed by atoms with E-state index >= 15 is 0 Å². The molecule has 2 aromatic heterocycles. The van der Waals surface area contributed by atoms with Crippen LogP contribution in [0.2, 0.25) is 0 Å². The summed E-state index contributed by atoms with van der Waals surface area (Å²) in [5.74, 6) is -0.666.